The molecule has 6 heteroatoms. The van der Waals surface area contributed by atoms with E-state index in [-0.39, 0.29) is 24.3 Å². The quantitative estimate of drug-likeness (QED) is 0.757. The largest absolute Gasteiger partial charge is 0.493 e. The van der Waals surface area contributed by atoms with Gasteiger partial charge in [-0.25, -0.2) is 0 Å². The van der Waals surface area contributed by atoms with Crippen LogP contribution in [0, 0.1) is 0 Å². The summed E-state index contributed by atoms with van der Waals surface area (Å²) in [6, 6.07) is 8.38. The number of ether oxygens (including phenoxy) is 4. The van der Waals surface area contributed by atoms with Crippen LogP contribution >= 0.6 is 0 Å². The predicted octanol–water partition coefficient (Wildman–Crippen LogP) is 3.71. The highest BCUT2D eigenvalue weighted by molar-refractivity contribution is 5.84. The maximum atomic E-state index is 13.1. The van der Waals surface area contributed by atoms with Gasteiger partial charge in [0.2, 0.25) is 6.79 Å². The molecule has 0 spiro atoms. The molecule has 0 N–H and O–H groups in total. The van der Waals surface area contributed by atoms with Crippen LogP contribution in [0.1, 0.15) is 54.0 Å². The molecule has 2 bridgehead atoms. The Morgan fingerprint density at radius 3 is 2.70 bits per heavy atom. The molecule has 2 aromatic carbocycles. The molecule has 0 amide bonds. The molecular formula is C24H25NO5. The van der Waals surface area contributed by atoms with Gasteiger partial charge >= 0.3 is 0 Å². The Morgan fingerprint density at radius 1 is 1.13 bits per heavy atom. The van der Waals surface area contributed by atoms with E-state index in [9.17, 15) is 4.79 Å². The molecule has 6 rings (SSSR count). The number of carbonyl (C=O) groups excluding carboxylic acids is 1. The number of hydrogen-bond acceptors (Lipinski definition) is 6. The molecule has 30 heavy (non-hydrogen) atoms. The van der Waals surface area contributed by atoms with Crippen LogP contribution in [0.15, 0.2) is 24.3 Å². The maximum Gasteiger partial charge on any atom is 0.231 e. The van der Waals surface area contributed by atoms with Gasteiger partial charge < -0.3 is 18.9 Å². The fourth-order valence-corrected chi connectivity index (χ4v) is 6.36. The molecule has 0 aromatic heterocycles. The summed E-state index contributed by atoms with van der Waals surface area (Å²) in [5, 5.41) is 0. The molecule has 0 aliphatic carbocycles. The number of fused-ring (bicyclic) bond motifs is 4. The Balaban J connectivity index is 1.63. The first-order valence-electron chi connectivity index (χ1n) is 10.5. The smallest absolute Gasteiger partial charge is 0.231 e. The summed E-state index contributed by atoms with van der Waals surface area (Å²) >= 11 is 0. The van der Waals surface area contributed by atoms with Gasteiger partial charge in [-0.05, 0) is 41.3 Å². The Kier molecular flexibility index (Phi) is 3.70. The molecule has 0 saturated carbocycles. The van der Waals surface area contributed by atoms with E-state index in [4.69, 9.17) is 18.9 Å². The topological polar surface area (TPSA) is 57.2 Å². The first kappa shape index (κ1) is 18.1. The van der Waals surface area contributed by atoms with Crippen molar-refractivity contribution in [2.24, 2.45) is 0 Å². The lowest BCUT2D eigenvalue weighted by atomic mass is 9.60. The molecule has 1 saturated heterocycles. The van der Waals surface area contributed by atoms with E-state index in [0.717, 1.165) is 41.5 Å². The first-order chi connectivity index (χ1) is 14.6. The molecule has 4 aliphatic heterocycles. The molecule has 4 heterocycles. The van der Waals surface area contributed by atoms with Crippen molar-refractivity contribution in [3.63, 3.8) is 0 Å². The number of hydrogen-bond donors (Lipinski definition) is 0. The number of methoxy groups -OCH3 is 2. The lowest BCUT2D eigenvalue weighted by Gasteiger charge is -2.60. The van der Waals surface area contributed by atoms with Gasteiger partial charge in [0, 0.05) is 36.9 Å². The fourth-order valence-electron chi connectivity index (χ4n) is 6.36. The van der Waals surface area contributed by atoms with Gasteiger partial charge in [-0.3, -0.25) is 9.69 Å². The van der Waals surface area contributed by atoms with Gasteiger partial charge in [0.1, 0.15) is 5.78 Å². The van der Waals surface area contributed by atoms with E-state index in [2.05, 4.69) is 30.0 Å². The van der Waals surface area contributed by atoms with Crippen LogP contribution in [0.2, 0.25) is 0 Å². The Morgan fingerprint density at radius 2 is 1.93 bits per heavy atom. The zero-order valence-corrected chi connectivity index (χ0v) is 17.5. The molecule has 156 valence electrons. The number of benzene rings is 2. The van der Waals surface area contributed by atoms with Crippen LogP contribution < -0.4 is 18.9 Å². The average Bonchev–Trinajstić information content (AvgIpc) is 3.22. The second kappa shape index (κ2) is 6.14. The fraction of sp³-hybridized carbons (Fsp3) is 0.458. The van der Waals surface area contributed by atoms with Gasteiger partial charge in [0.05, 0.1) is 19.8 Å². The summed E-state index contributed by atoms with van der Waals surface area (Å²) in [6.45, 7) is 3.40. The van der Waals surface area contributed by atoms with Gasteiger partial charge in [-0.1, -0.05) is 13.0 Å². The van der Waals surface area contributed by atoms with Crippen LogP contribution in [-0.2, 0) is 16.8 Å². The van der Waals surface area contributed by atoms with Crippen molar-refractivity contribution in [3.8, 4) is 23.0 Å². The van der Waals surface area contributed by atoms with E-state index in [1.807, 2.05) is 6.07 Å². The van der Waals surface area contributed by atoms with E-state index in [0.29, 0.717) is 18.6 Å². The van der Waals surface area contributed by atoms with Crippen LogP contribution in [0.3, 0.4) is 0 Å². The third-order valence-corrected chi connectivity index (χ3v) is 7.60. The van der Waals surface area contributed by atoms with Crippen LogP contribution in [0.5, 0.6) is 23.0 Å². The van der Waals surface area contributed by atoms with Gasteiger partial charge in [-0.2, -0.15) is 0 Å². The Bertz CT molecular complexity index is 1080. The summed E-state index contributed by atoms with van der Waals surface area (Å²) in [6.07, 6.45) is 1.95. The Hall–Kier alpha value is -2.73. The zero-order chi connectivity index (χ0) is 20.6. The number of nitrogens with zero attached hydrogens (tertiary/aromatic N) is 1. The minimum atomic E-state index is -0.374. The van der Waals surface area contributed by atoms with E-state index >= 15 is 0 Å². The third-order valence-electron chi connectivity index (χ3n) is 7.60. The summed E-state index contributed by atoms with van der Waals surface area (Å²) in [4.78, 5) is 15.7. The van der Waals surface area contributed by atoms with E-state index in [1.165, 1.54) is 16.7 Å². The highest BCUT2D eigenvalue weighted by Gasteiger charge is 2.58. The summed E-state index contributed by atoms with van der Waals surface area (Å²) in [5.74, 6) is 3.48. The van der Waals surface area contributed by atoms with Crippen LogP contribution in [-0.4, -0.2) is 38.2 Å². The molecule has 6 nitrogen and oxygen atoms in total. The molecule has 2 aromatic rings. The maximum absolute atomic E-state index is 13.1. The lowest BCUT2D eigenvalue weighted by Crippen LogP contribution is -2.61. The van der Waals surface area contributed by atoms with Crippen LogP contribution in [0.4, 0.5) is 0 Å². The normalized spacial score (nSPS) is 28.4. The van der Waals surface area contributed by atoms with E-state index in [1.54, 1.807) is 14.2 Å². The highest BCUT2D eigenvalue weighted by Crippen LogP contribution is 2.62. The molecule has 0 radical (unpaired) electrons. The number of ketones is 1. The molecule has 3 atom stereocenters. The number of piperidine rings is 1. The van der Waals surface area contributed by atoms with Gasteiger partial charge in [0.15, 0.2) is 23.0 Å². The second-order valence-corrected chi connectivity index (χ2v) is 8.69. The second-order valence-electron chi connectivity index (χ2n) is 8.69. The highest BCUT2D eigenvalue weighted by atomic mass is 16.7. The minimum Gasteiger partial charge on any atom is -0.493 e. The monoisotopic (exact) mass is 407 g/mol. The van der Waals surface area contributed by atoms with Crippen molar-refractivity contribution in [1.29, 1.82) is 0 Å². The van der Waals surface area contributed by atoms with Gasteiger partial charge in [-0.15, -0.1) is 0 Å². The zero-order valence-electron chi connectivity index (χ0n) is 17.5. The minimum absolute atomic E-state index is 0.0129. The van der Waals surface area contributed by atoms with Crippen molar-refractivity contribution in [2.75, 3.05) is 27.6 Å². The summed E-state index contributed by atoms with van der Waals surface area (Å²) < 4.78 is 22.7. The summed E-state index contributed by atoms with van der Waals surface area (Å²) in [7, 11) is 3.34. The molecule has 1 fully saturated rings. The molecular weight excluding hydrogens is 382 g/mol. The van der Waals surface area contributed by atoms with Crippen molar-refractivity contribution in [2.45, 2.75) is 43.7 Å². The molecule has 3 unspecified atom stereocenters. The van der Waals surface area contributed by atoms with Crippen LogP contribution in [0.25, 0.3) is 0 Å². The first-order valence-corrected chi connectivity index (χ1v) is 10.5. The SMILES string of the molecule is COc1ccc2c(c1OC)C1CC(=O)CC3(c4cc5c(cc4CCN13)OCO5)C2C. The predicted molar refractivity (Wildman–Crippen MR) is 110 cm³/mol. The third kappa shape index (κ3) is 2.10. The standard InChI is InChI=1S/C24H25NO5/c1-13-16-4-5-19(27-2)23(28-3)22(16)18-9-15(26)11-24(13)17-10-21-20(29-12-30-21)8-14(17)6-7-25(18)24/h4-5,8,10,13,18H,6-7,9,11-12H2,1-3H3. The van der Waals surface area contributed by atoms with E-state index < -0.39 is 0 Å². The van der Waals surface area contributed by atoms with Crippen molar-refractivity contribution < 1.29 is 23.7 Å². The molecule has 4 aliphatic rings. The van der Waals surface area contributed by atoms with Crippen molar-refractivity contribution >= 4 is 5.78 Å². The number of carbonyl (C=O) groups is 1. The van der Waals surface area contributed by atoms with Gasteiger partial charge in [0.25, 0.3) is 0 Å². The van der Waals surface area contributed by atoms with Crippen molar-refractivity contribution in [1.82, 2.24) is 4.90 Å². The number of Topliss-reactive ketones (excluding diaryl/α,β-unsaturated/α-hetero) is 1. The lowest BCUT2D eigenvalue weighted by molar-refractivity contribution is -0.135. The Labute approximate surface area is 175 Å². The number of rotatable bonds is 2. The van der Waals surface area contributed by atoms with Crippen molar-refractivity contribution in [3.05, 3.63) is 46.5 Å². The summed E-state index contributed by atoms with van der Waals surface area (Å²) in [5.41, 5.74) is 4.45. The average molecular weight is 407 g/mol.